The van der Waals surface area contributed by atoms with Crippen molar-refractivity contribution in [3.63, 3.8) is 0 Å². The summed E-state index contributed by atoms with van der Waals surface area (Å²) in [6.07, 6.45) is 0. The highest BCUT2D eigenvalue weighted by atomic mass is 32.1. The molecular weight excluding hydrogens is 225 g/mol. The van der Waals surface area contributed by atoms with Crippen LogP contribution in [0, 0.1) is 5.82 Å². The van der Waals surface area contributed by atoms with Crippen molar-refractivity contribution in [3.05, 3.63) is 52.0 Å². The number of halogens is 1. The van der Waals surface area contributed by atoms with E-state index in [0.717, 1.165) is 4.88 Å². The molecule has 1 atom stereocenters. The number of rotatable bonds is 3. The summed E-state index contributed by atoms with van der Waals surface area (Å²) in [7, 11) is 1.51. The largest absolute Gasteiger partial charge is 0.496 e. The summed E-state index contributed by atoms with van der Waals surface area (Å²) in [5.74, 6) is 0.154. The van der Waals surface area contributed by atoms with Crippen LogP contribution in [-0.2, 0) is 0 Å². The molecule has 0 amide bonds. The van der Waals surface area contributed by atoms with Gasteiger partial charge in [0.05, 0.1) is 18.7 Å². The minimum absolute atomic E-state index is 0.333. The van der Waals surface area contributed by atoms with Gasteiger partial charge in [-0.25, -0.2) is 4.39 Å². The van der Waals surface area contributed by atoms with Crippen molar-refractivity contribution in [2.24, 2.45) is 5.73 Å². The first-order chi connectivity index (χ1) is 7.74. The van der Waals surface area contributed by atoms with Crippen molar-refractivity contribution in [2.45, 2.75) is 6.04 Å². The molecule has 0 radical (unpaired) electrons. The highest BCUT2D eigenvalue weighted by Gasteiger charge is 2.18. The lowest BCUT2D eigenvalue weighted by Gasteiger charge is -2.15. The summed E-state index contributed by atoms with van der Waals surface area (Å²) in [5.41, 5.74) is 6.44. The maximum absolute atomic E-state index is 13.7. The molecule has 0 aliphatic carbocycles. The summed E-state index contributed by atoms with van der Waals surface area (Å²) in [6.45, 7) is 0. The summed E-state index contributed by atoms with van der Waals surface area (Å²) in [6, 6.07) is 8.03. The third-order valence-corrected chi connectivity index (χ3v) is 3.35. The molecule has 2 nitrogen and oxygen atoms in total. The van der Waals surface area contributed by atoms with Crippen LogP contribution >= 0.6 is 11.3 Å². The average Bonchev–Trinajstić information content (AvgIpc) is 2.81. The summed E-state index contributed by atoms with van der Waals surface area (Å²) < 4.78 is 18.9. The number of methoxy groups -OCH3 is 1. The molecule has 4 heteroatoms. The van der Waals surface area contributed by atoms with Crippen molar-refractivity contribution in [3.8, 4) is 5.75 Å². The second-order valence-corrected chi connectivity index (χ2v) is 4.33. The van der Waals surface area contributed by atoms with Gasteiger partial charge in [-0.05, 0) is 23.6 Å². The van der Waals surface area contributed by atoms with Crippen molar-refractivity contribution in [1.29, 1.82) is 0 Å². The molecule has 0 saturated carbocycles. The van der Waals surface area contributed by atoms with Crippen LogP contribution in [0.3, 0.4) is 0 Å². The zero-order valence-electron chi connectivity index (χ0n) is 8.81. The molecule has 2 N–H and O–H groups in total. The van der Waals surface area contributed by atoms with E-state index in [0.29, 0.717) is 11.3 Å². The van der Waals surface area contributed by atoms with Crippen LogP contribution in [0.1, 0.15) is 16.5 Å². The second-order valence-electron chi connectivity index (χ2n) is 3.35. The first-order valence-corrected chi connectivity index (χ1v) is 5.73. The molecular formula is C12H12FNOS. The Morgan fingerprint density at radius 2 is 2.12 bits per heavy atom. The van der Waals surface area contributed by atoms with E-state index >= 15 is 0 Å². The van der Waals surface area contributed by atoms with E-state index in [1.807, 2.05) is 17.5 Å². The van der Waals surface area contributed by atoms with Gasteiger partial charge in [-0.2, -0.15) is 0 Å². The lowest BCUT2D eigenvalue weighted by atomic mass is 10.0. The Morgan fingerprint density at radius 1 is 1.31 bits per heavy atom. The van der Waals surface area contributed by atoms with Gasteiger partial charge in [0.2, 0.25) is 0 Å². The molecule has 0 bridgehead atoms. The van der Waals surface area contributed by atoms with Gasteiger partial charge in [-0.15, -0.1) is 11.3 Å². The van der Waals surface area contributed by atoms with Gasteiger partial charge in [-0.1, -0.05) is 12.1 Å². The third-order valence-electron chi connectivity index (χ3n) is 2.39. The first-order valence-electron chi connectivity index (χ1n) is 4.85. The van der Waals surface area contributed by atoms with E-state index in [-0.39, 0.29) is 5.82 Å². The molecule has 0 aliphatic rings. The van der Waals surface area contributed by atoms with E-state index < -0.39 is 6.04 Å². The third kappa shape index (κ3) is 1.94. The molecule has 1 aromatic heterocycles. The fraction of sp³-hybridized carbons (Fsp3) is 0.167. The molecule has 0 fully saturated rings. The van der Waals surface area contributed by atoms with Crippen molar-refractivity contribution < 1.29 is 9.13 Å². The Hall–Kier alpha value is -1.39. The quantitative estimate of drug-likeness (QED) is 0.890. The highest BCUT2D eigenvalue weighted by Crippen LogP contribution is 2.32. The van der Waals surface area contributed by atoms with E-state index in [4.69, 9.17) is 10.5 Å². The predicted octanol–water partition coefficient (Wildman–Crippen LogP) is 2.94. The van der Waals surface area contributed by atoms with Gasteiger partial charge in [-0.3, -0.25) is 0 Å². The zero-order valence-corrected chi connectivity index (χ0v) is 9.63. The molecule has 0 unspecified atom stereocenters. The van der Waals surface area contributed by atoms with Crippen LogP contribution in [0.15, 0.2) is 35.7 Å². The van der Waals surface area contributed by atoms with E-state index in [2.05, 4.69) is 0 Å². The Kier molecular flexibility index (Phi) is 3.22. The van der Waals surface area contributed by atoms with Crippen LogP contribution in [0.2, 0.25) is 0 Å². The molecule has 1 aromatic carbocycles. The van der Waals surface area contributed by atoms with Crippen molar-refractivity contribution >= 4 is 11.3 Å². The Bertz CT molecular complexity index is 470. The zero-order chi connectivity index (χ0) is 11.5. The Balaban J connectivity index is 2.47. The lowest BCUT2D eigenvalue weighted by Crippen LogP contribution is -2.13. The van der Waals surface area contributed by atoms with Gasteiger partial charge in [0, 0.05) is 4.88 Å². The van der Waals surface area contributed by atoms with Crippen molar-refractivity contribution in [1.82, 2.24) is 0 Å². The lowest BCUT2D eigenvalue weighted by molar-refractivity contribution is 0.402. The first kappa shape index (κ1) is 11.1. The van der Waals surface area contributed by atoms with Gasteiger partial charge in [0.25, 0.3) is 0 Å². The Labute approximate surface area is 97.5 Å². The number of hydrogen-bond donors (Lipinski definition) is 1. The van der Waals surface area contributed by atoms with Gasteiger partial charge in [0.15, 0.2) is 0 Å². The number of benzene rings is 1. The number of hydrogen-bond acceptors (Lipinski definition) is 3. The second kappa shape index (κ2) is 4.63. The van der Waals surface area contributed by atoms with Crippen LogP contribution in [0.5, 0.6) is 5.75 Å². The molecule has 0 saturated heterocycles. The van der Waals surface area contributed by atoms with Crippen molar-refractivity contribution in [2.75, 3.05) is 7.11 Å². The monoisotopic (exact) mass is 237 g/mol. The smallest absolute Gasteiger partial charge is 0.132 e. The molecule has 0 spiro atoms. The molecule has 1 heterocycles. The predicted molar refractivity (Wildman–Crippen MR) is 63.3 cm³/mol. The van der Waals surface area contributed by atoms with Crippen LogP contribution in [0.25, 0.3) is 0 Å². The summed E-state index contributed by atoms with van der Waals surface area (Å²) >= 11 is 1.51. The Morgan fingerprint density at radius 3 is 2.75 bits per heavy atom. The fourth-order valence-corrected chi connectivity index (χ4v) is 2.34. The number of ether oxygens (including phenoxy) is 1. The van der Waals surface area contributed by atoms with Crippen LogP contribution in [0.4, 0.5) is 4.39 Å². The highest BCUT2D eigenvalue weighted by molar-refractivity contribution is 7.10. The molecule has 2 aromatic rings. The maximum Gasteiger partial charge on any atom is 0.132 e. The number of thiophene rings is 1. The van der Waals surface area contributed by atoms with E-state index in [9.17, 15) is 4.39 Å². The summed E-state index contributed by atoms with van der Waals surface area (Å²) in [5, 5.41) is 1.92. The average molecular weight is 237 g/mol. The van der Waals surface area contributed by atoms with Crippen LogP contribution in [-0.4, -0.2) is 7.11 Å². The molecule has 16 heavy (non-hydrogen) atoms. The van der Waals surface area contributed by atoms with Gasteiger partial charge in [0.1, 0.15) is 11.6 Å². The maximum atomic E-state index is 13.7. The SMILES string of the molecule is COc1cccc(F)c1[C@@H](N)c1cccs1. The fourth-order valence-electron chi connectivity index (χ4n) is 1.61. The topological polar surface area (TPSA) is 35.2 Å². The molecule has 0 aliphatic heterocycles. The van der Waals surface area contributed by atoms with Gasteiger partial charge >= 0.3 is 0 Å². The number of nitrogens with two attached hydrogens (primary N) is 1. The van der Waals surface area contributed by atoms with Crippen LogP contribution < -0.4 is 10.5 Å². The van der Waals surface area contributed by atoms with Gasteiger partial charge < -0.3 is 10.5 Å². The minimum atomic E-state index is -0.476. The molecule has 84 valence electrons. The van der Waals surface area contributed by atoms with E-state index in [1.165, 1.54) is 24.5 Å². The standard InChI is InChI=1S/C12H12FNOS/c1-15-9-5-2-4-8(13)11(9)12(14)10-6-3-7-16-10/h2-7,12H,14H2,1H3/t12-/m0/s1. The normalized spacial score (nSPS) is 12.4. The summed E-state index contributed by atoms with van der Waals surface area (Å²) in [4.78, 5) is 0.920. The van der Waals surface area contributed by atoms with E-state index in [1.54, 1.807) is 12.1 Å². The molecule has 2 rings (SSSR count). The minimum Gasteiger partial charge on any atom is -0.496 e.